The van der Waals surface area contributed by atoms with Gasteiger partial charge in [0, 0.05) is 11.3 Å². The quantitative estimate of drug-likeness (QED) is 0.834. The molecule has 0 radical (unpaired) electrons. The molecule has 5 heteroatoms. The van der Waals surface area contributed by atoms with Crippen molar-refractivity contribution in [2.75, 3.05) is 11.9 Å². The third-order valence-electron chi connectivity index (χ3n) is 2.77. The average Bonchev–Trinajstić information content (AvgIpc) is 3.02. The van der Waals surface area contributed by atoms with E-state index in [1.54, 1.807) is 13.0 Å². The molecule has 0 aliphatic heterocycles. The van der Waals surface area contributed by atoms with Crippen LogP contribution in [0.4, 0.5) is 5.00 Å². The van der Waals surface area contributed by atoms with Crippen molar-refractivity contribution in [3.05, 3.63) is 16.5 Å². The molecule has 1 heterocycles. The normalized spacial score (nSPS) is 14.3. The first kappa shape index (κ1) is 13.1. The van der Waals surface area contributed by atoms with Crippen LogP contribution in [0.5, 0.6) is 0 Å². The number of carbonyl (C=O) groups excluding carboxylic acids is 2. The Bertz CT molecular complexity index is 463. The van der Waals surface area contributed by atoms with Gasteiger partial charge < -0.3 is 10.1 Å². The standard InChI is InChI=1S/C13H17NO3S/c1-3-17-13(16)10-6-8(2)18-12(10)14-11(15)7-9-4-5-9/h6,9H,3-5,7H2,1-2H3,(H,14,15). The fraction of sp³-hybridized carbons (Fsp3) is 0.538. The molecular weight excluding hydrogens is 250 g/mol. The molecule has 1 saturated carbocycles. The molecule has 0 unspecified atom stereocenters. The SMILES string of the molecule is CCOC(=O)c1cc(C)sc1NC(=O)CC1CC1. The fourth-order valence-corrected chi connectivity index (χ4v) is 2.65. The predicted octanol–water partition coefficient (Wildman–Crippen LogP) is 2.97. The minimum atomic E-state index is -0.372. The zero-order valence-electron chi connectivity index (χ0n) is 10.6. The van der Waals surface area contributed by atoms with E-state index >= 15 is 0 Å². The van der Waals surface area contributed by atoms with Gasteiger partial charge in [0.2, 0.25) is 5.91 Å². The lowest BCUT2D eigenvalue weighted by Gasteiger charge is -2.05. The Hall–Kier alpha value is -1.36. The van der Waals surface area contributed by atoms with Crippen molar-refractivity contribution < 1.29 is 14.3 Å². The van der Waals surface area contributed by atoms with Crippen LogP contribution in [0.3, 0.4) is 0 Å². The van der Waals surface area contributed by atoms with Gasteiger partial charge in [-0.05, 0) is 38.7 Å². The summed E-state index contributed by atoms with van der Waals surface area (Å²) in [6.45, 7) is 4.01. The minimum Gasteiger partial charge on any atom is -0.462 e. The highest BCUT2D eigenvalue weighted by atomic mass is 32.1. The topological polar surface area (TPSA) is 55.4 Å². The number of anilines is 1. The van der Waals surface area contributed by atoms with Crippen molar-refractivity contribution in [2.45, 2.75) is 33.1 Å². The second-order valence-electron chi connectivity index (χ2n) is 4.52. The highest BCUT2D eigenvalue weighted by Gasteiger charge is 2.25. The van der Waals surface area contributed by atoms with Crippen LogP contribution in [-0.2, 0) is 9.53 Å². The first-order chi connectivity index (χ1) is 8.60. The van der Waals surface area contributed by atoms with Gasteiger partial charge in [-0.1, -0.05) is 0 Å². The van der Waals surface area contributed by atoms with Crippen LogP contribution in [0.25, 0.3) is 0 Å². The van der Waals surface area contributed by atoms with Crippen LogP contribution in [0, 0.1) is 12.8 Å². The first-order valence-electron chi connectivity index (χ1n) is 6.17. The number of amides is 1. The third kappa shape index (κ3) is 3.32. The largest absolute Gasteiger partial charge is 0.462 e. The highest BCUT2D eigenvalue weighted by molar-refractivity contribution is 7.16. The Balaban J connectivity index is 2.05. The number of ether oxygens (including phenoxy) is 1. The van der Waals surface area contributed by atoms with E-state index in [2.05, 4.69) is 5.32 Å². The van der Waals surface area contributed by atoms with E-state index in [0.29, 0.717) is 29.5 Å². The maximum atomic E-state index is 11.7. The lowest BCUT2D eigenvalue weighted by Crippen LogP contribution is -2.14. The number of esters is 1. The number of nitrogens with one attached hydrogen (secondary N) is 1. The van der Waals surface area contributed by atoms with E-state index in [1.165, 1.54) is 11.3 Å². The summed E-state index contributed by atoms with van der Waals surface area (Å²) >= 11 is 1.41. The molecule has 2 rings (SSSR count). The predicted molar refractivity (Wildman–Crippen MR) is 71.0 cm³/mol. The molecule has 1 N–H and O–H groups in total. The summed E-state index contributed by atoms with van der Waals surface area (Å²) in [5.41, 5.74) is 0.462. The molecule has 0 spiro atoms. The molecule has 4 nitrogen and oxygen atoms in total. The van der Waals surface area contributed by atoms with Gasteiger partial charge in [0.05, 0.1) is 12.2 Å². The Kier molecular flexibility index (Phi) is 4.01. The molecule has 0 saturated heterocycles. The summed E-state index contributed by atoms with van der Waals surface area (Å²) < 4.78 is 4.97. The summed E-state index contributed by atoms with van der Waals surface area (Å²) in [5.74, 6) is 0.158. The summed E-state index contributed by atoms with van der Waals surface area (Å²) in [4.78, 5) is 24.5. The van der Waals surface area contributed by atoms with E-state index in [0.717, 1.165) is 17.7 Å². The van der Waals surface area contributed by atoms with Gasteiger partial charge in [-0.15, -0.1) is 11.3 Å². The van der Waals surface area contributed by atoms with Crippen LogP contribution in [0.15, 0.2) is 6.07 Å². The lowest BCUT2D eigenvalue weighted by molar-refractivity contribution is -0.116. The second-order valence-corrected chi connectivity index (χ2v) is 5.77. The van der Waals surface area contributed by atoms with E-state index < -0.39 is 0 Å². The molecule has 0 bridgehead atoms. The van der Waals surface area contributed by atoms with Gasteiger partial charge in [-0.25, -0.2) is 4.79 Å². The monoisotopic (exact) mass is 267 g/mol. The van der Waals surface area contributed by atoms with Crippen LogP contribution in [-0.4, -0.2) is 18.5 Å². The highest BCUT2D eigenvalue weighted by Crippen LogP contribution is 2.34. The molecule has 0 atom stereocenters. The van der Waals surface area contributed by atoms with Crippen molar-refractivity contribution in [1.29, 1.82) is 0 Å². The smallest absolute Gasteiger partial charge is 0.341 e. The second kappa shape index (κ2) is 5.52. The first-order valence-corrected chi connectivity index (χ1v) is 6.99. The molecule has 1 aliphatic carbocycles. The van der Waals surface area contributed by atoms with Gasteiger partial charge in [-0.3, -0.25) is 4.79 Å². The summed E-state index contributed by atoms with van der Waals surface area (Å²) in [7, 11) is 0. The zero-order valence-corrected chi connectivity index (χ0v) is 11.4. The Morgan fingerprint density at radius 1 is 1.50 bits per heavy atom. The van der Waals surface area contributed by atoms with Crippen LogP contribution >= 0.6 is 11.3 Å². The summed E-state index contributed by atoms with van der Waals surface area (Å²) in [6.07, 6.45) is 2.84. The molecule has 98 valence electrons. The van der Waals surface area contributed by atoms with Gasteiger partial charge in [0.15, 0.2) is 0 Å². The molecule has 1 amide bonds. The van der Waals surface area contributed by atoms with Crippen molar-refractivity contribution in [3.63, 3.8) is 0 Å². The number of carbonyl (C=O) groups is 2. The molecule has 1 aromatic heterocycles. The molecule has 1 aromatic rings. The third-order valence-corrected chi connectivity index (χ3v) is 3.74. The molecule has 0 aromatic carbocycles. The maximum Gasteiger partial charge on any atom is 0.341 e. The van der Waals surface area contributed by atoms with Crippen molar-refractivity contribution in [1.82, 2.24) is 0 Å². The van der Waals surface area contributed by atoms with Gasteiger partial charge in [-0.2, -0.15) is 0 Å². The van der Waals surface area contributed by atoms with E-state index in [4.69, 9.17) is 4.74 Å². The van der Waals surface area contributed by atoms with E-state index in [9.17, 15) is 9.59 Å². The number of rotatable bonds is 5. The van der Waals surface area contributed by atoms with Crippen molar-refractivity contribution >= 4 is 28.2 Å². The number of thiophene rings is 1. The van der Waals surface area contributed by atoms with Gasteiger partial charge in [0.1, 0.15) is 5.00 Å². The van der Waals surface area contributed by atoms with Crippen molar-refractivity contribution in [2.24, 2.45) is 5.92 Å². The Labute approximate surface area is 110 Å². The van der Waals surface area contributed by atoms with Gasteiger partial charge >= 0.3 is 5.97 Å². The minimum absolute atomic E-state index is 0.00935. The van der Waals surface area contributed by atoms with Crippen LogP contribution in [0.2, 0.25) is 0 Å². The Morgan fingerprint density at radius 3 is 2.83 bits per heavy atom. The molecule has 18 heavy (non-hydrogen) atoms. The van der Waals surface area contributed by atoms with Crippen LogP contribution < -0.4 is 5.32 Å². The van der Waals surface area contributed by atoms with Gasteiger partial charge in [0.25, 0.3) is 0 Å². The maximum absolute atomic E-state index is 11.7. The number of aryl methyl sites for hydroxylation is 1. The van der Waals surface area contributed by atoms with Crippen molar-refractivity contribution in [3.8, 4) is 0 Å². The molecule has 1 fully saturated rings. The molecular formula is C13H17NO3S. The summed E-state index contributed by atoms with van der Waals surface area (Å²) in [5, 5.41) is 3.43. The zero-order chi connectivity index (χ0) is 13.1. The van der Waals surface area contributed by atoms with Crippen LogP contribution in [0.1, 0.15) is 41.4 Å². The van der Waals surface area contributed by atoms with E-state index in [-0.39, 0.29) is 11.9 Å². The number of hydrogen-bond donors (Lipinski definition) is 1. The molecule has 1 aliphatic rings. The van der Waals surface area contributed by atoms with E-state index in [1.807, 2.05) is 6.92 Å². The lowest BCUT2D eigenvalue weighted by atomic mass is 10.2. The summed E-state index contributed by atoms with van der Waals surface area (Å²) in [6, 6.07) is 1.76. The fourth-order valence-electron chi connectivity index (χ4n) is 1.73. The number of hydrogen-bond acceptors (Lipinski definition) is 4. The Morgan fingerprint density at radius 2 is 2.22 bits per heavy atom. The average molecular weight is 267 g/mol.